The second-order valence-electron chi connectivity index (χ2n) is 4.42. The van der Waals surface area contributed by atoms with Crippen LogP contribution in [0.1, 0.15) is 22.4 Å². The van der Waals surface area contributed by atoms with Gasteiger partial charge in [0.15, 0.2) is 0 Å². The Morgan fingerprint density at radius 1 is 1.37 bits per heavy atom. The van der Waals surface area contributed by atoms with Crippen LogP contribution in [-0.4, -0.2) is 4.98 Å². The molecule has 1 heterocycles. The van der Waals surface area contributed by atoms with Gasteiger partial charge in [-0.1, -0.05) is 12.1 Å². The molecule has 0 aliphatic rings. The Kier molecular flexibility index (Phi) is 4.18. The van der Waals surface area contributed by atoms with Crippen molar-refractivity contribution >= 4 is 21.6 Å². The minimum atomic E-state index is 0.468. The lowest BCUT2D eigenvalue weighted by molar-refractivity contribution is 1.08. The Hall–Kier alpha value is -1.86. The molecule has 19 heavy (non-hydrogen) atoms. The van der Waals surface area contributed by atoms with Gasteiger partial charge in [-0.3, -0.25) is 0 Å². The van der Waals surface area contributed by atoms with Gasteiger partial charge >= 0.3 is 0 Å². The molecule has 0 radical (unpaired) electrons. The molecule has 1 N–H and O–H groups in total. The number of hydrogen-bond donors (Lipinski definition) is 1. The van der Waals surface area contributed by atoms with Crippen molar-refractivity contribution in [2.24, 2.45) is 0 Å². The van der Waals surface area contributed by atoms with Crippen molar-refractivity contribution in [1.29, 1.82) is 5.26 Å². The first-order valence-corrected chi connectivity index (χ1v) is 6.75. The number of aromatic nitrogens is 1. The predicted octanol–water partition coefficient (Wildman–Crippen LogP) is 3.94. The van der Waals surface area contributed by atoms with E-state index in [1.807, 2.05) is 12.1 Å². The largest absolute Gasteiger partial charge is 0.380 e. The van der Waals surface area contributed by atoms with Gasteiger partial charge in [0.2, 0.25) is 0 Å². The number of nitriles is 1. The van der Waals surface area contributed by atoms with Gasteiger partial charge in [-0.25, -0.2) is 4.98 Å². The van der Waals surface area contributed by atoms with Gasteiger partial charge in [-0.05, 0) is 53.0 Å². The number of nitrogens with one attached hydrogen (secondary N) is 1. The number of aryl methyl sites for hydroxylation is 2. The number of rotatable bonds is 3. The third kappa shape index (κ3) is 3.12. The first kappa shape index (κ1) is 13.6. The van der Waals surface area contributed by atoms with Crippen LogP contribution in [0.5, 0.6) is 0 Å². The van der Waals surface area contributed by atoms with Gasteiger partial charge in [0.1, 0.15) is 11.8 Å². The van der Waals surface area contributed by atoms with Crippen LogP contribution in [-0.2, 0) is 6.54 Å². The van der Waals surface area contributed by atoms with Crippen molar-refractivity contribution < 1.29 is 0 Å². The van der Waals surface area contributed by atoms with E-state index in [1.54, 1.807) is 6.20 Å². The molecule has 0 spiro atoms. The van der Waals surface area contributed by atoms with Gasteiger partial charge < -0.3 is 5.32 Å². The molecule has 0 saturated heterocycles. The minimum Gasteiger partial charge on any atom is -0.380 e. The lowest BCUT2D eigenvalue weighted by atomic mass is 10.1. The molecule has 0 saturated carbocycles. The highest BCUT2D eigenvalue weighted by atomic mass is 79.9. The van der Waals surface area contributed by atoms with E-state index in [0.717, 1.165) is 15.7 Å². The van der Waals surface area contributed by atoms with E-state index in [1.165, 1.54) is 11.1 Å². The monoisotopic (exact) mass is 315 g/mol. The molecule has 2 aromatic rings. The zero-order valence-electron chi connectivity index (χ0n) is 10.9. The van der Waals surface area contributed by atoms with Crippen LogP contribution in [0.2, 0.25) is 0 Å². The molecule has 1 aromatic heterocycles. The van der Waals surface area contributed by atoms with Crippen LogP contribution in [0.4, 0.5) is 5.69 Å². The summed E-state index contributed by atoms with van der Waals surface area (Å²) in [5, 5.41) is 12.4. The summed E-state index contributed by atoms with van der Waals surface area (Å²) in [7, 11) is 0. The molecular formula is C15H14BrN3. The highest BCUT2D eigenvalue weighted by molar-refractivity contribution is 9.10. The van der Waals surface area contributed by atoms with Crippen molar-refractivity contribution in [3.05, 3.63) is 57.3 Å². The Balaban J connectivity index is 2.22. The Morgan fingerprint density at radius 2 is 2.16 bits per heavy atom. The first-order chi connectivity index (χ1) is 9.11. The summed E-state index contributed by atoms with van der Waals surface area (Å²) in [6.07, 6.45) is 1.63. The zero-order chi connectivity index (χ0) is 13.8. The molecular weight excluding hydrogens is 302 g/mol. The fraction of sp³-hybridized carbons (Fsp3) is 0.200. The van der Waals surface area contributed by atoms with Crippen LogP contribution in [0.15, 0.2) is 34.9 Å². The van der Waals surface area contributed by atoms with Crippen molar-refractivity contribution in [2.75, 3.05) is 5.32 Å². The number of pyridine rings is 1. The molecule has 2 rings (SSSR count). The SMILES string of the molecule is Cc1cc(C)c(NCc2cccnc2C#N)c(Br)c1. The molecule has 0 atom stereocenters. The molecule has 3 nitrogen and oxygen atoms in total. The molecule has 96 valence electrons. The molecule has 0 aliphatic carbocycles. The molecule has 1 aromatic carbocycles. The summed E-state index contributed by atoms with van der Waals surface area (Å²) < 4.78 is 1.03. The standard InChI is InChI=1S/C15H14BrN3/c1-10-6-11(2)15(13(16)7-10)19-9-12-4-3-5-18-14(12)8-17/h3-7,19H,9H2,1-2H3. The van der Waals surface area contributed by atoms with Crippen LogP contribution in [0.25, 0.3) is 0 Å². The number of halogens is 1. The average Bonchev–Trinajstić information content (AvgIpc) is 2.38. The number of benzene rings is 1. The maximum atomic E-state index is 9.01. The summed E-state index contributed by atoms with van der Waals surface area (Å²) in [6, 6.07) is 10.1. The second kappa shape index (κ2) is 5.85. The van der Waals surface area contributed by atoms with E-state index in [-0.39, 0.29) is 0 Å². The normalized spacial score (nSPS) is 10.0. The van der Waals surface area contributed by atoms with E-state index in [2.05, 4.69) is 58.3 Å². The summed E-state index contributed by atoms with van der Waals surface area (Å²) in [5.74, 6) is 0. The van der Waals surface area contributed by atoms with E-state index in [4.69, 9.17) is 5.26 Å². The average molecular weight is 316 g/mol. The Morgan fingerprint density at radius 3 is 2.84 bits per heavy atom. The van der Waals surface area contributed by atoms with E-state index < -0.39 is 0 Å². The molecule has 0 unspecified atom stereocenters. The fourth-order valence-electron chi connectivity index (χ4n) is 2.01. The minimum absolute atomic E-state index is 0.468. The summed E-state index contributed by atoms with van der Waals surface area (Å²) in [6.45, 7) is 4.71. The van der Waals surface area contributed by atoms with Crippen LogP contribution >= 0.6 is 15.9 Å². The summed E-state index contributed by atoms with van der Waals surface area (Å²) in [5.41, 5.74) is 4.81. The van der Waals surface area contributed by atoms with E-state index in [9.17, 15) is 0 Å². The fourth-order valence-corrected chi connectivity index (χ4v) is 2.82. The third-order valence-corrected chi connectivity index (χ3v) is 3.51. The molecule has 0 aliphatic heterocycles. The van der Waals surface area contributed by atoms with Gasteiger partial charge in [0.05, 0.1) is 5.69 Å². The maximum absolute atomic E-state index is 9.01. The lowest BCUT2D eigenvalue weighted by Gasteiger charge is -2.13. The molecule has 4 heteroatoms. The lowest BCUT2D eigenvalue weighted by Crippen LogP contribution is -2.04. The predicted molar refractivity (Wildman–Crippen MR) is 79.9 cm³/mol. The zero-order valence-corrected chi connectivity index (χ0v) is 12.5. The third-order valence-electron chi connectivity index (χ3n) is 2.88. The number of hydrogen-bond acceptors (Lipinski definition) is 3. The highest BCUT2D eigenvalue weighted by Gasteiger charge is 2.07. The molecule has 0 bridgehead atoms. The smallest absolute Gasteiger partial charge is 0.145 e. The van der Waals surface area contributed by atoms with E-state index in [0.29, 0.717) is 12.2 Å². The van der Waals surface area contributed by atoms with Gasteiger partial charge in [-0.2, -0.15) is 5.26 Å². The van der Waals surface area contributed by atoms with Gasteiger partial charge in [-0.15, -0.1) is 0 Å². The van der Waals surface area contributed by atoms with Crippen LogP contribution < -0.4 is 5.32 Å². The number of nitrogens with zero attached hydrogens (tertiary/aromatic N) is 2. The van der Waals surface area contributed by atoms with Crippen molar-refractivity contribution in [2.45, 2.75) is 20.4 Å². The van der Waals surface area contributed by atoms with Crippen molar-refractivity contribution in [3.8, 4) is 6.07 Å². The van der Waals surface area contributed by atoms with Crippen LogP contribution in [0.3, 0.4) is 0 Å². The summed E-state index contributed by atoms with van der Waals surface area (Å²) >= 11 is 3.56. The number of anilines is 1. The Labute approximate surface area is 121 Å². The van der Waals surface area contributed by atoms with Gasteiger partial charge in [0, 0.05) is 22.8 Å². The highest BCUT2D eigenvalue weighted by Crippen LogP contribution is 2.28. The van der Waals surface area contributed by atoms with E-state index >= 15 is 0 Å². The maximum Gasteiger partial charge on any atom is 0.145 e. The first-order valence-electron chi connectivity index (χ1n) is 5.96. The Bertz CT molecular complexity index is 621. The topological polar surface area (TPSA) is 48.7 Å². The second-order valence-corrected chi connectivity index (χ2v) is 5.27. The van der Waals surface area contributed by atoms with Crippen LogP contribution in [0, 0.1) is 25.2 Å². The van der Waals surface area contributed by atoms with Crippen molar-refractivity contribution in [1.82, 2.24) is 4.98 Å². The molecule has 0 amide bonds. The quantitative estimate of drug-likeness (QED) is 0.933. The van der Waals surface area contributed by atoms with Crippen molar-refractivity contribution in [3.63, 3.8) is 0 Å². The summed E-state index contributed by atoms with van der Waals surface area (Å²) in [4.78, 5) is 4.06. The molecule has 0 fully saturated rings. The van der Waals surface area contributed by atoms with Gasteiger partial charge in [0.25, 0.3) is 0 Å².